The normalized spacial score (nSPS) is 16.1. The number of nitrogens with zero attached hydrogens (tertiary/aromatic N) is 4. The van der Waals surface area contributed by atoms with E-state index in [1.54, 1.807) is 16.8 Å². The Morgan fingerprint density at radius 2 is 2.14 bits per heavy atom. The van der Waals surface area contributed by atoms with E-state index < -0.39 is 5.97 Å². The third kappa shape index (κ3) is 2.43. The van der Waals surface area contributed by atoms with E-state index in [2.05, 4.69) is 9.97 Å². The average Bonchev–Trinajstić information content (AvgIpc) is 2.54. The molecular weight excluding hydrogens is 284 g/mol. The summed E-state index contributed by atoms with van der Waals surface area (Å²) in [5.41, 5.74) is 1.10. The molecule has 2 aromatic rings. The number of rotatable bonds is 3. The topological polar surface area (TPSA) is 88.3 Å². The third-order valence-corrected chi connectivity index (χ3v) is 4.14. The molecule has 1 saturated heterocycles. The van der Waals surface area contributed by atoms with Gasteiger partial charge in [-0.05, 0) is 31.9 Å². The standard InChI is InChI=1S/C15H18N4O3/c1-2-19-12-11(4-3-7-16-12)17-13(14(19)20)18-8-5-10(6-9-18)15(21)22/h3-4,7,10H,2,5-6,8-9H2,1H3,(H,21,22). The summed E-state index contributed by atoms with van der Waals surface area (Å²) in [5, 5.41) is 9.06. The van der Waals surface area contributed by atoms with Crippen LogP contribution in [0.1, 0.15) is 19.8 Å². The van der Waals surface area contributed by atoms with E-state index in [0.717, 1.165) is 0 Å². The van der Waals surface area contributed by atoms with Crippen molar-refractivity contribution in [1.29, 1.82) is 0 Å². The number of carboxylic acid groups (broad SMARTS) is 1. The molecule has 0 radical (unpaired) electrons. The molecule has 7 heteroatoms. The summed E-state index contributed by atoms with van der Waals surface area (Å²) < 4.78 is 1.61. The van der Waals surface area contributed by atoms with Gasteiger partial charge in [0.15, 0.2) is 11.5 Å². The molecule has 0 spiro atoms. The van der Waals surface area contributed by atoms with Gasteiger partial charge in [-0.1, -0.05) is 0 Å². The highest BCUT2D eigenvalue weighted by Gasteiger charge is 2.27. The zero-order chi connectivity index (χ0) is 15.7. The second-order valence-corrected chi connectivity index (χ2v) is 5.43. The Labute approximate surface area is 127 Å². The number of hydrogen-bond donors (Lipinski definition) is 1. The molecule has 0 unspecified atom stereocenters. The number of piperidine rings is 1. The van der Waals surface area contributed by atoms with Gasteiger partial charge in [0.1, 0.15) is 5.52 Å². The summed E-state index contributed by atoms with van der Waals surface area (Å²) in [6.07, 6.45) is 2.72. The molecule has 0 bridgehead atoms. The molecule has 0 aliphatic carbocycles. The highest BCUT2D eigenvalue weighted by molar-refractivity contribution is 5.72. The molecule has 3 heterocycles. The lowest BCUT2D eigenvalue weighted by Gasteiger charge is -2.30. The van der Waals surface area contributed by atoms with Gasteiger partial charge in [-0.2, -0.15) is 0 Å². The van der Waals surface area contributed by atoms with Crippen molar-refractivity contribution in [3.63, 3.8) is 0 Å². The molecule has 1 fully saturated rings. The Morgan fingerprint density at radius 3 is 2.77 bits per heavy atom. The van der Waals surface area contributed by atoms with Gasteiger partial charge in [-0.15, -0.1) is 0 Å². The van der Waals surface area contributed by atoms with Gasteiger partial charge in [0.05, 0.1) is 5.92 Å². The van der Waals surface area contributed by atoms with Crippen LogP contribution in [0.15, 0.2) is 23.1 Å². The number of pyridine rings is 1. The molecule has 1 aliphatic heterocycles. The predicted molar refractivity (Wildman–Crippen MR) is 82.0 cm³/mol. The first-order chi connectivity index (χ1) is 10.6. The molecule has 3 rings (SSSR count). The molecule has 0 amide bonds. The molecule has 7 nitrogen and oxygen atoms in total. The maximum atomic E-state index is 12.6. The van der Waals surface area contributed by atoms with Crippen molar-refractivity contribution in [2.75, 3.05) is 18.0 Å². The lowest BCUT2D eigenvalue weighted by Crippen LogP contribution is -2.41. The van der Waals surface area contributed by atoms with Crippen molar-refractivity contribution in [3.05, 3.63) is 28.7 Å². The van der Waals surface area contributed by atoms with Crippen molar-refractivity contribution < 1.29 is 9.90 Å². The number of aromatic nitrogens is 3. The van der Waals surface area contributed by atoms with Crippen molar-refractivity contribution in [3.8, 4) is 0 Å². The third-order valence-electron chi connectivity index (χ3n) is 4.14. The Bertz CT molecular complexity index is 763. The van der Waals surface area contributed by atoms with Gasteiger partial charge >= 0.3 is 5.97 Å². The Morgan fingerprint density at radius 1 is 1.41 bits per heavy atom. The maximum Gasteiger partial charge on any atom is 0.306 e. The van der Waals surface area contributed by atoms with Crippen LogP contribution in [0.25, 0.3) is 11.2 Å². The van der Waals surface area contributed by atoms with Crippen LogP contribution in [-0.4, -0.2) is 38.7 Å². The fourth-order valence-corrected chi connectivity index (χ4v) is 2.90. The largest absolute Gasteiger partial charge is 0.481 e. The number of carboxylic acids is 1. The van der Waals surface area contributed by atoms with Crippen LogP contribution in [-0.2, 0) is 11.3 Å². The highest BCUT2D eigenvalue weighted by atomic mass is 16.4. The van der Waals surface area contributed by atoms with Crippen LogP contribution in [0.4, 0.5) is 5.82 Å². The molecule has 0 atom stereocenters. The molecule has 1 aliphatic rings. The lowest BCUT2D eigenvalue weighted by molar-refractivity contribution is -0.142. The van der Waals surface area contributed by atoms with Crippen molar-refractivity contribution in [2.45, 2.75) is 26.3 Å². The quantitative estimate of drug-likeness (QED) is 0.914. The van der Waals surface area contributed by atoms with E-state index in [4.69, 9.17) is 5.11 Å². The van der Waals surface area contributed by atoms with Gasteiger partial charge in [0.25, 0.3) is 5.56 Å². The van der Waals surface area contributed by atoms with E-state index in [1.807, 2.05) is 17.9 Å². The molecular formula is C15H18N4O3. The molecule has 2 aromatic heterocycles. The fourth-order valence-electron chi connectivity index (χ4n) is 2.90. The molecule has 0 aromatic carbocycles. The van der Waals surface area contributed by atoms with Gasteiger partial charge in [-0.3, -0.25) is 14.2 Å². The van der Waals surface area contributed by atoms with Crippen molar-refractivity contribution in [2.24, 2.45) is 5.92 Å². The highest BCUT2D eigenvalue weighted by Crippen LogP contribution is 2.21. The summed E-state index contributed by atoms with van der Waals surface area (Å²) in [7, 11) is 0. The second-order valence-electron chi connectivity index (χ2n) is 5.43. The lowest BCUT2D eigenvalue weighted by atomic mass is 9.97. The van der Waals surface area contributed by atoms with Gasteiger partial charge in [0.2, 0.25) is 0 Å². The smallest absolute Gasteiger partial charge is 0.306 e. The average molecular weight is 302 g/mol. The maximum absolute atomic E-state index is 12.6. The molecule has 1 N–H and O–H groups in total. The zero-order valence-electron chi connectivity index (χ0n) is 12.4. The number of carbonyl (C=O) groups is 1. The minimum Gasteiger partial charge on any atom is -0.481 e. The minimum absolute atomic E-state index is 0.164. The number of aryl methyl sites for hydroxylation is 1. The predicted octanol–water partition coefficient (Wildman–Crippen LogP) is 1.11. The number of anilines is 1. The molecule has 116 valence electrons. The van der Waals surface area contributed by atoms with Crippen LogP contribution in [0.3, 0.4) is 0 Å². The summed E-state index contributed by atoms with van der Waals surface area (Å²) in [6.45, 7) is 3.49. The summed E-state index contributed by atoms with van der Waals surface area (Å²) >= 11 is 0. The van der Waals surface area contributed by atoms with E-state index >= 15 is 0 Å². The van der Waals surface area contributed by atoms with E-state index in [-0.39, 0.29) is 11.5 Å². The van der Waals surface area contributed by atoms with E-state index in [9.17, 15) is 9.59 Å². The fraction of sp³-hybridized carbons (Fsp3) is 0.467. The monoisotopic (exact) mass is 302 g/mol. The number of hydrogen-bond acceptors (Lipinski definition) is 5. The Hall–Kier alpha value is -2.44. The second kappa shape index (κ2) is 5.75. The first kappa shape index (κ1) is 14.5. The van der Waals surface area contributed by atoms with Crippen LogP contribution in [0.5, 0.6) is 0 Å². The Kier molecular flexibility index (Phi) is 3.79. The summed E-state index contributed by atoms with van der Waals surface area (Å²) in [4.78, 5) is 34.2. The van der Waals surface area contributed by atoms with Crippen molar-refractivity contribution in [1.82, 2.24) is 14.5 Å². The molecule has 22 heavy (non-hydrogen) atoms. The Balaban J connectivity index is 2.00. The van der Waals surface area contributed by atoms with Crippen molar-refractivity contribution >= 4 is 23.0 Å². The van der Waals surface area contributed by atoms with Gasteiger partial charge < -0.3 is 10.0 Å². The van der Waals surface area contributed by atoms with Crippen LogP contribution in [0.2, 0.25) is 0 Å². The van der Waals surface area contributed by atoms with Crippen LogP contribution in [0, 0.1) is 5.92 Å². The van der Waals surface area contributed by atoms with E-state index in [1.165, 1.54) is 0 Å². The summed E-state index contributed by atoms with van der Waals surface area (Å²) in [5.74, 6) is -0.695. The number of fused-ring (bicyclic) bond motifs is 1. The summed E-state index contributed by atoms with van der Waals surface area (Å²) in [6, 6.07) is 3.63. The SMILES string of the molecule is CCn1c(=O)c(N2CCC(C(=O)O)CC2)nc2cccnc21. The zero-order valence-corrected chi connectivity index (χ0v) is 12.4. The van der Waals surface area contributed by atoms with Crippen LogP contribution >= 0.6 is 0 Å². The minimum atomic E-state index is -0.763. The first-order valence-electron chi connectivity index (χ1n) is 7.45. The van der Waals surface area contributed by atoms with Gasteiger partial charge in [-0.25, -0.2) is 9.97 Å². The number of aliphatic carboxylic acids is 1. The van der Waals surface area contributed by atoms with Crippen LogP contribution < -0.4 is 10.5 Å². The first-order valence-corrected chi connectivity index (χ1v) is 7.45. The molecule has 0 saturated carbocycles. The van der Waals surface area contributed by atoms with E-state index in [0.29, 0.717) is 49.5 Å². The van der Waals surface area contributed by atoms with Gasteiger partial charge in [0, 0.05) is 25.8 Å².